The summed E-state index contributed by atoms with van der Waals surface area (Å²) in [6.07, 6.45) is 6.47. The lowest BCUT2D eigenvalue weighted by Gasteiger charge is -2.32. The van der Waals surface area contributed by atoms with Crippen molar-refractivity contribution in [3.63, 3.8) is 0 Å². The second-order valence-corrected chi connectivity index (χ2v) is 5.12. The molecule has 3 N–H and O–H groups in total. The van der Waals surface area contributed by atoms with Crippen molar-refractivity contribution in [3.05, 3.63) is 11.9 Å². The van der Waals surface area contributed by atoms with Gasteiger partial charge < -0.3 is 15.8 Å². The van der Waals surface area contributed by atoms with E-state index in [1.807, 2.05) is 13.8 Å². The molecule has 1 aromatic rings. The summed E-state index contributed by atoms with van der Waals surface area (Å²) in [6.45, 7) is 5.31. The van der Waals surface area contributed by atoms with E-state index in [9.17, 15) is 0 Å². The van der Waals surface area contributed by atoms with Gasteiger partial charge in [-0.15, -0.1) is 0 Å². The van der Waals surface area contributed by atoms with E-state index in [1.165, 1.54) is 19.3 Å². The first-order valence-corrected chi connectivity index (χ1v) is 7.17. The van der Waals surface area contributed by atoms with E-state index in [4.69, 9.17) is 10.5 Å². The molecule has 1 fully saturated rings. The molecule has 106 valence electrons. The minimum atomic E-state index is 0.418. The van der Waals surface area contributed by atoms with Crippen LogP contribution >= 0.6 is 0 Å². The second-order valence-electron chi connectivity index (χ2n) is 5.12. The maximum atomic E-state index is 5.87. The van der Waals surface area contributed by atoms with Gasteiger partial charge in [0.25, 0.3) is 0 Å². The highest BCUT2D eigenvalue weighted by molar-refractivity contribution is 5.48. The third-order valence-corrected chi connectivity index (χ3v) is 3.85. The van der Waals surface area contributed by atoms with Crippen LogP contribution in [-0.2, 0) is 0 Å². The number of nitrogens with zero attached hydrogens (tertiary/aromatic N) is 2. The van der Waals surface area contributed by atoms with Gasteiger partial charge >= 0.3 is 0 Å². The second kappa shape index (κ2) is 6.70. The van der Waals surface area contributed by atoms with Gasteiger partial charge in [-0.3, -0.25) is 0 Å². The Morgan fingerprint density at radius 3 is 2.89 bits per heavy atom. The van der Waals surface area contributed by atoms with Gasteiger partial charge in [-0.25, -0.2) is 9.97 Å². The summed E-state index contributed by atoms with van der Waals surface area (Å²) in [4.78, 5) is 8.50. The van der Waals surface area contributed by atoms with Crippen LogP contribution < -0.4 is 15.8 Å². The van der Waals surface area contributed by atoms with Gasteiger partial charge in [-0.2, -0.15) is 0 Å². The number of hydrogen-bond donors (Lipinski definition) is 2. The van der Waals surface area contributed by atoms with Crippen molar-refractivity contribution in [1.82, 2.24) is 9.97 Å². The Kier molecular flexibility index (Phi) is 4.96. The number of nitrogens with one attached hydrogen (secondary N) is 1. The Morgan fingerprint density at radius 2 is 2.16 bits per heavy atom. The number of anilines is 1. The average Bonchev–Trinajstić information content (AvgIpc) is 2.44. The molecule has 2 unspecified atom stereocenters. The SMILES string of the molecule is CCOc1ncnc(NC2CCCCC2CN)c1C. The van der Waals surface area contributed by atoms with Crippen molar-refractivity contribution in [2.24, 2.45) is 11.7 Å². The Balaban J connectivity index is 2.11. The number of aromatic nitrogens is 2. The zero-order valence-electron chi connectivity index (χ0n) is 11.9. The van der Waals surface area contributed by atoms with Gasteiger partial charge in [0.1, 0.15) is 12.1 Å². The average molecular weight is 264 g/mol. The first-order chi connectivity index (χ1) is 9.26. The van der Waals surface area contributed by atoms with Crippen molar-refractivity contribution in [2.75, 3.05) is 18.5 Å². The molecule has 1 aromatic heterocycles. The van der Waals surface area contributed by atoms with Gasteiger partial charge in [0, 0.05) is 6.04 Å². The molecule has 1 saturated carbocycles. The van der Waals surface area contributed by atoms with Gasteiger partial charge in [0.05, 0.1) is 12.2 Å². The van der Waals surface area contributed by atoms with Gasteiger partial charge in [0.15, 0.2) is 0 Å². The van der Waals surface area contributed by atoms with Crippen molar-refractivity contribution in [1.29, 1.82) is 0 Å². The highest BCUT2D eigenvalue weighted by Gasteiger charge is 2.24. The molecule has 5 nitrogen and oxygen atoms in total. The van der Waals surface area contributed by atoms with E-state index in [0.29, 0.717) is 24.4 Å². The van der Waals surface area contributed by atoms with E-state index in [1.54, 1.807) is 6.33 Å². The molecule has 0 spiro atoms. The van der Waals surface area contributed by atoms with E-state index in [2.05, 4.69) is 15.3 Å². The summed E-state index contributed by atoms with van der Waals surface area (Å²) < 4.78 is 5.50. The van der Waals surface area contributed by atoms with Crippen LogP contribution in [0.1, 0.15) is 38.2 Å². The predicted molar refractivity (Wildman–Crippen MR) is 76.4 cm³/mol. The molecule has 0 aromatic carbocycles. The van der Waals surface area contributed by atoms with Crippen LogP contribution in [0.25, 0.3) is 0 Å². The predicted octanol–water partition coefficient (Wildman–Crippen LogP) is 2.11. The number of ether oxygens (including phenoxy) is 1. The molecule has 19 heavy (non-hydrogen) atoms. The third-order valence-electron chi connectivity index (χ3n) is 3.85. The molecular weight excluding hydrogens is 240 g/mol. The molecule has 0 amide bonds. The van der Waals surface area contributed by atoms with Crippen LogP contribution in [0.5, 0.6) is 5.88 Å². The van der Waals surface area contributed by atoms with Crippen LogP contribution in [-0.4, -0.2) is 29.2 Å². The topological polar surface area (TPSA) is 73.1 Å². The standard InChI is InChI=1S/C14H24N4O/c1-3-19-14-10(2)13(16-9-17-14)18-12-7-5-4-6-11(12)8-15/h9,11-12H,3-8,15H2,1-2H3,(H,16,17,18). The fourth-order valence-corrected chi connectivity index (χ4v) is 2.72. The first kappa shape index (κ1) is 14.1. The lowest BCUT2D eigenvalue weighted by Crippen LogP contribution is -2.37. The minimum Gasteiger partial charge on any atom is -0.478 e. The summed E-state index contributed by atoms with van der Waals surface area (Å²) in [5.41, 5.74) is 6.84. The number of hydrogen-bond acceptors (Lipinski definition) is 5. The van der Waals surface area contributed by atoms with E-state index in [0.717, 1.165) is 24.3 Å². The highest BCUT2D eigenvalue weighted by Crippen LogP contribution is 2.28. The summed E-state index contributed by atoms with van der Waals surface area (Å²) in [6, 6.07) is 0.418. The molecule has 5 heteroatoms. The molecule has 0 aliphatic heterocycles. The Labute approximate surface area is 115 Å². The van der Waals surface area contributed by atoms with E-state index < -0.39 is 0 Å². The molecule has 1 aliphatic rings. The van der Waals surface area contributed by atoms with Crippen LogP contribution in [0.4, 0.5) is 5.82 Å². The van der Waals surface area contributed by atoms with E-state index >= 15 is 0 Å². The summed E-state index contributed by atoms with van der Waals surface area (Å²) in [5, 5.41) is 3.54. The smallest absolute Gasteiger partial charge is 0.221 e. The molecule has 2 atom stereocenters. The summed E-state index contributed by atoms with van der Waals surface area (Å²) in [5.74, 6) is 2.09. The molecule has 2 rings (SSSR count). The van der Waals surface area contributed by atoms with Crippen LogP contribution in [0.3, 0.4) is 0 Å². The lowest BCUT2D eigenvalue weighted by atomic mass is 9.84. The quantitative estimate of drug-likeness (QED) is 0.852. The zero-order valence-corrected chi connectivity index (χ0v) is 11.9. The normalized spacial score (nSPS) is 23.1. The lowest BCUT2D eigenvalue weighted by molar-refractivity contribution is 0.321. The van der Waals surface area contributed by atoms with Gasteiger partial charge in [-0.1, -0.05) is 12.8 Å². The fraction of sp³-hybridized carbons (Fsp3) is 0.714. The first-order valence-electron chi connectivity index (χ1n) is 7.17. The van der Waals surface area contributed by atoms with Crippen LogP contribution in [0.15, 0.2) is 6.33 Å². The van der Waals surface area contributed by atoms with Gasteiger partial charge in [-0.05, 0) is 39.2 Å². The van der Waals surface area contributed by atoms with Crippen LogP contribution in [0, 0.1) is 12.8 Å². The number of nitrogens with two attached hydrogens (primary N) is 1. The van der Waals surface area contributed by atoms with Crippen LogP contribution in [0.2, 0.25) is 0 Å². The number of rotatable bonds is 5. The summed E-state index contributed by atoms with van der Waals surface area (Å²) >= 11 is 0. The van der Waals surface area contributed by atoms with Crippen molar-refractivity contribution >= 4 is 5.82 Å². The Bertz CT molecular complexity index is 410. The molecule has 1 heterocycles. The molecule has 0 radical (unpaired) electrons. The minimum absolute atomic E-state index is 0.418. The Hall–Kier alpha value is -1.36. The van der Waals surface area contributed by atoms with E-state index in [-0.39, 0.29) is 0 Å². The van der Waals surface area contributed by atoms with Gasteiger partial charge in [0.2, 0.25) is 5.88 Å². The molecule has 0 saturated heterocycles. The van der Waals surface area contributed by atoms with Crippen molar-refractivity contribution in [2.45, 2.75) is 45.6 Å². The third kappa shape index (κ3) is 3.35. The van der Waals surface area contributed by atoms with Crippen molar-refractivity contribution in [3.8, 4) is 5.88 Å². The Morgan fingerprint density at radius 1 is 1.37 bits per heavy atom. The largest absolute Gasteiger partial charge is 0.478 e. The summed E-state index contributed by atoms with van der Waals surface area (Å²) in [7, 11) is 0. The maximum absolute atomic E-state index is 5.87. The molecular formula is C14H24N4O. The molecule has 0 bridgehead atoms. The fourth-order valence-electron chi connectivity index (χ4n) is 2.72. The zero-order chi connectivity index (χ0) is 13.7. The molecule has 1 aliphatic carbocycles. The highest BCUT2D eigenvalue weighted by atomic mass is 16.5. The maximum Gasteiger partial charge on any atom is 0.221 e. The monoisotopic (exact) mass is 264 g/mol. The van der Waals surface area contributed by atoms with Crippen molar-refractivity contribution < 1.29 is 4.74 Å².